The minimum absolute atomic E-state index is 0.370. The quantitative estimate of drug-likeness (QED) is 0.352. The summed E-state index contributed by atoms with van der Waals surface area (Å²) in [6.45, 7) is 15.6. The van der Waals surface area contributed by atoms with Gasteiger partial charge in [-0.3, -0.25) is 0 Å². The highest BCUT2D eigenvalue weighted by Gasteiger charge is 2.25. The molecule has 0 fully saturated rings. The summed E-state index contributed by atoms with van der Waals surface area (Å²) in [5, 5.41) is 0.370. The van der Waals surface area contributed by atoms with Gasteiger partial charge in [0, 0.05) is 13.2 Å². The van der Waals surface area contributed by atoms with E-state index in [2.05, 4.69) is 34.3 Å². The monoisotopic (exact) mass is 288 g/mol. The fourth-order valence-corrected chi connectivity index (χ4v) is 3.09. The molecular weight excluding hydrogens is 260 g/mol. The molecule has 0 aromatic carbocycles. The van der Waals surface area contributed by atoms with Gasteiger partial charge in [0.15, 0.2) is 0 Å². The van der Waals surface area contributed by atoms with E-state index in [4.69, 9.17) is 13.6 Å². The average molecular weight is 288 g/mol. The number of carbonyl (C=O) groups excluding carboxylic acids is 1. The zero-order chi connectivity index (χ0) is 14.8. The first-order chi connectivity index (χ1) is 8.88. The Balaban J connectivity index is 4.43. The van der Waals surface area contributed by atoms with E-state index in [-0.39, 0.29) is 5.97 Å². The summed E-state index contributed by atoms with van der Waals surface area (Å²) in [5.41, 5.74) is 0. The van der Waals surface area contributed by atoms with Crippen molar-refractivity contribution in [1.29, 1.82) is 0 Å². The van der Waals surface area contributed by atoms with Gasteiger partial charge in [0.25, 0.3) is 0 Å². The van der Waals surface area contributed by atoms with Crippen molar-refractivity contribution in [3.63, 3.8) is 0 Å². The lowest BCUT2D eigenvalue weighted by Crippen LogP contribution is -2.33. The number of ether oxygens (including phenoxy) is 1. The van der Waals surface area contributed by atoms with Crippen LogP contribution in [0.25, 0.3) is 0 Å². The van der Waals surface area contributed by atoms with E-state index in [9.17, 15) is 4.79 Å². The molecule has 0 amide bonds. The third-order valence-electron chi connectivity index (χ3n) is 2.15. The number of hydrogen-bond donors (Lipinski definition) is 0. The molecule has 0 saturated heterocycles. The maximum Gasteiger partial charge on any atom is 0.362 e. The van der Waals surface area contributed by atoms with Crippen molar-refractivity contribution >= 4 is 15.3 Å². The van der Waals surface area contributed by atoms with Crippen LogP contribution in [0.2, 0.25) is 0 Å². The molecule has 4 nitrogen and oxygen atoms in total. The number of esters is 1. The van der Waals surface area contributed by atoms with Crippen molar-refractivity contribution in [2.75, 3.05) is 19.8 Å². The predicted octanol–water partition coefficient (Wildman–Crippen LogP) is 2.60. The minimum atomic E-state index is -2.21. The van der Waals surface area contributed by atoms with Crippen LogP contribution in [0, 0.1) is 11.8 Å². The molecule has 0 aliphatic rings. The lowest BCUT2D eigenvalue weighted by atomic mass is 10.2. The Kier molecular flexibility index (Phi) is 9.82. The third-order valence-corrected chi connectivity index (χ3v) is 3.94. The molecule has 0 unspecified atom stereocenters. The second-order valence-corrected chi connectivity index (χ2v) is 7.47. The fraction of sp³-hybridized carbons (Fsp3) is 0.786. The van der Waals surface area contributed by atoms with Gasteiger partial charge in [0.05, 0.1) is 11.8 Å². The first kappa shape index (κ1) is 18.3. The molecule has 112 valence electrons. The van der Waals surface area contributed by atoms with Gasteiger partial charge < -0.3 is 13.6 Å². The Labute approximate surface area is 119 Å². The summed E-state index contributed by atoms with van der Waals surface area (Å²) in [7, 11) is -2.21. The van der Waals surface area contributed by atoms with E-state index >= 15 is 0 Å². The van der Waals surface area contributed by atoms with Crippen LogP contribution in [0.3, 0.4) is 0 Å². The normalized spacial score (nSPS) is 11.4. The Bertz CT molecular complexity index is 265. The lowest BCUT2D eigenvalue weighted by molar-refractivity contribution is -0.138. The summed E-state index contributed by atoms with van der Waals surface area (Å²) in [6, 6.07) is 0. The van der Waals surface area contributed by atoms with Crippen LogP contribution in [-0.4, -0.2) is 35.1 Å². The molecule has 0 aromatic heterocycles. The van der Waals surface area contributed by atoms with E-state index in [1.54, 1.807) is 0 Å². The Hall–Kier alpha value is -0.653. The summed E-state index contributed by atoms with van der Waals surface area (Å²) in [4.78, 5) is 11.8. The first-order valence-electron chi connectivity index (χ1n) is 6.97. The molecular formula is C14H28O4Si. The maximum absolute atomic E-state index is 11.8. The summed E-state index contributed by atoms with van der Waals surface area (Å²) >= 11 is 0. The van der Waals surface area contributed by atoms with Crippen molar-refractivity contribution in [3.8, 4) is 0 Å². The SMILES string of the molecule is C=C(C(=O)OCCC)[SiH](OCC(C)C)OCC(C)C. The Morgan fingerprint density at radius 1 is 1.11 bits per heavy atom. The lowest BCUT2D eigenvalue weighted by Gasteiger charge is -2.20. The van der Waals surface area contributed by atoms with Crippen molar-refractivity contribution in [2.45, 2.75) is 41.0 Å². The van der Waals surface area contributed by atoms with Gasteiger partial charge in [0.1, 0.15) is 0 Å². The minimum Gasteiger partial charge on any atom is -0.463 e. The molecule has 19 heavy (non-hydrogen) atoms. The van der Waals surface area contributed by atoms with E-state index < -0.39 is 9.28 Å². The standard InChI is InChI=1S/C14H28O4Si/c1-7-8-16-14(15)13(6)19(17-9-11(2)3)18-10-12(4)5/h11-12,19H,6-10H2,1-5H3. The molecule has 5 heteroatoms. The van der Waals surface area contributed by atoms with Gasteiger partial charge in [-0.15, -0.1) is 0 Å². The first-order valence-corrected chi connectivity index (χ1v) is 8.49. The molecule has 0 heterocycles. The molecule has 0 atom stereocenters. The van der Waals surface area contributed by atoms with Crippen molar-refractivity contribution < 1.29 is 18.4 Å². The van der Waals surface area contributed by atoms with Crippen LogP contribution < -0.4 is 0 Å². The van der Waals surface area contributed by atoms with Crippen molar-refractivity contribution in [3.05, 3.63) is 11.8 Å². The van der Waals surface area contributed by atoms with Crippen molar-refractivity contribution in [1.82, 2.24) is 0 Å². The molecule has 0 N–H and O–H groups in total. The maximum atomic E-state index is 11.8. The largest absolute Gasteiger partial charge is 0.463 e. The summed E-state index contributed by atoms with van der Waals surface area (Å²) in [6.07, 6.45) is 0.797. The van der Waals surface area contributed by atoms with Crippen LogP contribution in [0.1, 0.15) is 41.0 Å². The number of carbonyl (C=O) groups is 1. The van der Waals surface area contributed by atoms with E-state index in [1.165, 1.54) is 0 Å². The van der Waals surface area contributed by atoms with Crippen LogP contribution in [0.5, 0.6) is 0 Å². The molecule has 0 bridgehead atoms. The van der Waals surface area contributed by atoms with Gasteiger partial charge in [-0.25, -0.2) is 4.79 Å². The zero-order valence-corrected chi connectivity index (χ0v) is 14.1. The van der Waals surface area contributed by atoms with Gasteiger partial charge >= 0.3 is 15.3 Å². The van der Waals surface area contributed by atoms with Crippen LogP contribution in [0.15, 0.2) is 11.8 Å². The Morgan fingerprint density at radius 2 is 1.58 bits per heavy atom. The van der Waals surface area contributed by atoms with Crippen LogP contribution >= 0.6 is 0 Å². The zero-order valence-electron chi connectivity index (χ0n) is 12.9. The molecule has 0 aliphatic heterocycles. The van der Waals surface area contributed by atoms with Gasteiger partial charge in [0.2, 0.25) is 0 Å². The van der Waals surface area contributed by atoms with E-state index in [0.29, 0.717) is 36.9 Å². The summed E-state index contributed by atoms with van der Waals surface area (Å²) < 4.78 is 16.6. The number of hydrogen-bond acceptors (Lipinski definition) is 4. The third kappa shape index (κ3) is 8.97. The smallest absolute Gasteiger partial charge is 0.362 e. The Morgan fingerprint density at radius 3 is 1.95 bits per heavy atom. The van der Waals surface area contributed by atoms with Crippen molar-refractivity contribution in [2.24, 2.45) is 11.8 Å². The van der Waals surface area contributed by atoms with Gasteiger partial charge in [-0.1, -0.05) is 41.2 Å². The molecule has 0 radical (unpaired) electrons. The van der Waals surface area contributed by atoms with E-state index in [0.717, 1.165) is 6.42 Å². The van der Waals surface area contributed by atoms with Crippen LogP contribution in [-0.2, 0) is 18.4 Å². The van der Waals surface area contributed by atoms with Crippen LogP contribution in [0.4, 0.5) is 0 Å². The second kappa shape index (κ2) is 10.2. The molecule has 0 spiro atoms. The van der Waals surface area contributed by atoms with Gasteiger partial charge in [-0.2, -0.15) is 0 Å². The topological polar surface area (TPSA) is 44.8 Å². The predicted molar refractivity (Wildman–Crippen MR) is 79.1 cm³/mol. The molecule has 0 rings (SSSR count). The average Bonchev–Trinajstić information content (AvgIpc) is 2.34. The highest BCUT2D eigenvalue weighted by Crippen LogP contribution is 2.09. The molecule has 0 aromatic rings. The molecule has 0 aliphatic carbocycles. The van der Waals surface area contributed by atoms with Gasteiger partial charge in [-0.05, 0) is 18.3 Å². The highest BCUT2D eigenvalue weighted by molar-refractivity contribution is 6.60. The highest BCUT2D eigenvalue weighted by atomic mass is 28.3. The number of rotatable bonds is 10. The van der Waals surface area contributed by atoms with E-state index in [1.807, 2.05) is 6.92 Å². The fourth-order valence-electron chi connectivity index (χ4n) is 1.19. The molecule has 0 saturated carbocycles. The second-order valence-electron chi connectivity index (χ2n) is 5.45. The summed E-state index contributed by atoms with van der Waals surface area (Å²) in [5.74, 6) is 0.417.